The number of aryl methyl sites for hydroxylation is 1. The zero-order chi connectivity index (χ0) is 16.7. The molecule has 3 atom stereocenters. The Bertz CT molecular complexity index is 720. The summed E-state index contributed by atoms with van der Waals surface area (Å²) in [6.07, 6.45) is 8.49. The van der Waals surface area contributed by atoms with E-state index in [1.54, 1.807) is 19.4 Å². The van der Waals surface area contributed by atoms with Crippen LogP contribution >= 0.6 is 0 Å². The van der Waals surface area contributed by atoms with Gasteiger partial charge in [-0.05, 0) is 38.5 Å². The fourth-order valence-corrected chi connectivity index (χ4v) is 3.48. The third-order valence-electron chi connectivity index (χ3n) is 4.93. The number of oxazole rings is 1. The van der Waals surface area contributed by atoms with Crippen molar-refractivity contribution in [1.29, 1.82) is 0 Å². The summed E-state index contributed by atoms with van der Waals surface area (Å²) in [6.45, 7) is 2.57. The average Bonchev–Trinajstić information content (AvgIpc) is 2.96. The lowest BCUT2D eigenvalue weighted by Gasteiger charge is -2.15. The number of carbonyl (C=O) groups is 1. The summed E-state index contributed by atoms with van der Waals surface area (Å²) in [4.78, 5) is 20.9. The number of aromatic nitrogens is 3. The number of imidazole rings is 1. The molecule has 0 aromatic carbocycles. The number of hydrogen-bond acceptors (Lipinski definition) is 5. The molecule has 7 nitrogen and oxygen atoms in total. The molecule has 2 N–H and O–H groups in total. The van der Waals surface area contributed by atoms with Gasteiger partial charge in [0.1, 0.15) is 5.76 Å². The first-order chi connectivity index (χ1) is 11.6. The molecule has 0 saturated heterocycles. The molecule has 1 unspecified atom stereocenters. The lowest BCUT2D eigenvalue weighted by atomic mass is 10.1. The van der Waals surface area contributed by atoms with Gasteiger partial charge in [0.15, 0.2) is 11.6 Å². The van der Waals surface area contributed by atoms with E-state index in [9.17, 15) is 9.90 Å². The zero-order valence-electron chi connectivity index (χ0n) is 13.7. The molecule has 2 heterocycles. The Labute approximate surface area is 140 Å². The molecule has 2 saturated carbocycles. The van der Waals surface area contributed by atoms with Crippen molar-refractivity contribution in [3.63, 3.8) is 0 Å². The van der Waals surface area contributed by atoms with Crippen molar-refractivity contribution in [2.75, 3.05) is 0 Å². The van der Waals surface area contributed by atoms with E-state index in [-0.39, 0.29) is 11.9 Å². The van der Waals surface area contributed by atoms with Gasteiger partial charge in [0.25, 0.3) is 5.91 Å². The van der Waals surface area contributed by atoms with Gasteiger partial charge in [-0.25, -0.2) is 9.97 Å². The van der Waals surface area contributed by atoms with Gasteiger partial charge in [-0.2, -0.15) is 0 Å². The van der Waals surface area contributed by atoms with E-state index in [0.29, 0.717) is 35.6 Å². The normalized spacial score (nSPS) is 26.7. The Morgan fingerprint density at radius 2 is 2.29 bits per heavy atom. The van der Waals surface area contributed by atoms with Crippen LogP contribution < -0.4 is 5.32 Å². The first kappa shape index (κ1) is 15.4. The molecule has 0 spiro atoms. The fraction of sp³-hybridized carbons (Fsp3) is 0.588. The van der Waals surface area contributed by atoms with Crippen LogP contribution in [0.15, 0.2) is 23.1 Å². The van der Waals surface area contributed by atoms with E-state index >= 15 is 0 Å². The Kier molecular flexibility index (Phi) is 3.88. The van der Waals surface area contributed by atoms with Crippen LogP contribution in [0.4, 0.5) is 0 Å². The first-order valence-electron chi connectivity index (χ1n) is 8.52. The van der Waals surface area contributed by atoms with Crippen LogP contribution in [0.3, 0.4) is 0 Å². The number of amides is 1. The van der Waals surface area contributed by atoms with Gasteiger partial charge in [-0.15, -0.1) is 0 Å². The second-order valence-corrected chi connectivity index (χ2v) is 6.98. The van der Waals surface area contributed by atoms with Crippen LogP contribution in [0.5, 0.6) is 0 Å². The summed E-state index contributed by atoms with van der Waals surface area (Å²) < 4.78 is 7.60. The highest BCUT2D eigenvalue weighted by molar-refractivity contribution is 5.93. The third kappa shape index (κ3) is 3.08. The molecule has 2 aliphatic carbocycles. The van der Waals surface area contributed by atoms with Crippen LogP contribution in [0.25, 0.3) is 0 Å². The number of aliphatic hydroxyl groups excluding tert-OH is 1. The Hall–Kier alpha value is -2.15. The number of hydrogen-bond donors (Lipinski definition) is 2. The van der Waals surface area contributed by atoms with Crippen LogP contribution in [-0.2, 0) is 6.54 Å². The molecule has 2 aromatic heterocycles. The molecule has 0 radical (unpaired) electrons. The molecule has 24 heavy (non-hydrogen) atoms. The van der Waals surface area contributed by atoms with Gasteiger partial charge in [0.05, 0.1) is 18.5 Å². The monoisotopic (exact) mass is 330 g/mol. The minimum absolute atomic E-state index is 0.244. The molecular weight excluding hydrogens is 308 g/mol. The Balaban J connectivity index is 1.38. The van der Waals surface area contributed by atoms with E-state index in [2.05, 4.69) is 15.3 Å². The van der Waals surface area contributed by atoms with Gasteiger partial charge in [-0.1, -0.05) is 0 Å². The molecule has 7 heteroatoms. The van der Waals surface area contributed by atoms with Crippen molar-refractivity contribution in [3.05, 3.63) is 36.1 Å². The van der Waals surface area contributed by atoms with Crippen molar-refractivity contribution in [2.24, 2.45) is 5.92 Å². The number of nitrogens with zero attached hydrogens (tertiary/aromatic N) is 3. The second-order valence-electron chi connectivity index (χ2n) is 6.98. The van der Waals surface area contributed by atoms with E-state index in [1.165, 1.54) is 0 Å². The van der Waals surface area contributed by atoms with Gasteiger partial charge >= 0.3 is 0 Å². The maximum Gasteiger partial charge on any atom is 0.273 e. The molecule has 0 bridgehead atoms. The van der Waals surface area contributed by atoms with Gasteiger partial charge in [-0.3, -0.25) is 4.79 Å². The molecular formula is C17H22N4O3. The smallest absolute Gasteiger partial charge is 0.273 e. The summed E-state index contributed by atoms with van der Waals surface area (Å²) in [6, 6.07) is -0.244. The van der Waals surface area contributed by atoms with E-state index in [0.717, 1.165) is 25.8 Å². The summed E-state index contributed by atoms with van der Waals surface area (Å²) in [5, 5.41) is 13.2. The van der Waals surface area contributed by atoms with E-state index < -0.39 is 6.10 Å². The van der Waals surface area contributed by atoms with Gasteiger partial charge < -0.3 is 19.4 Å². The molecule has 128 valence electrons. The van der Waals surface area contributed by atoms with Crippen LogP contribution in [-0.4, -0.2) is 37.7 Å². The van der Waals surface area contributed by atoms with E-state index in [4.69, 9.17) is 4.42 Å². The standard InChI is InChI=1S/C17H22N4O3/c1-10-15(20-17(24-10)12-2-3-12)16(23)19-13-6-11(7-14(13)22)8-21-5-4-18-9-21/h4-5,9,11-14,22H,2-3,6-8H2,1H3,(H,19,23)/t11?,13-,14-/m1/s1. The minimum Gasteiger partial charge on any atom is -0.445 e. The molecule has 2 aliphatic rings. The molecule has 1 amide bonds. The lowest BCUT2D eigenvalue weighted by Crippen LogP contribution is -2.40. The van der Waals surface area contributed by atoms with Crippen LogP contribution in [0, 0.1) is 12.8 Å². The molecule has 2 aromatic rings. The lowest BCUT2D eigenvalue weighted by molar-refractivity contribution is 0.0867. The molecule has 0 aliphatic heterocycles. The fourth-order valence-electron chi connectivity index (χ4n) is 3.48. The summed E-state index contributed by atoms with van der Waals surface area (Å²) in [7, 11) is 0. The maximum absolute atomic E-state index is 12.5. The maximum atomic E-state index is 12.5. The van der Waals surface area contributed by atoms with Gasteiger partial charge in [0.2, 0.25) is 0 Å². The first-order valence-corrected chi connectivity index (χ1v) is 8.52. The third-order valence-corrected chi connectivity index (χ3v) is 4.93. The minimum atomic E-state index is -0.530. The highest BCUT2D eigenvalue weighted by Crippen LogP contribution is 2.40. The topological polar surface area (TPSA) is 93.2 Å². The average molecular weight is 330 g/mol. The van der Waals surface area contributed by atoms with Crippen molar-refractivity contribution in [2.45, 2.75) is 57.2 Å². The Morgan fingerprint density at radius 1 is 1.46 bits per heavy atom. The van der Waals surface area contributed by atoms with Crippen LogP contribution in [0.1, 0.15) is 53.7 Å². The summed E-state index contributed by atoms with van der Waals surface area (Å²) in [5.74, 6) is 1.66. The van der Waals surface area contributed by atoms with Crippen molar-refractivity contribution in [3.8, 4) is 0 Å². The predicted octanol–water partition coefficient (Wildman–Crippen LogP) is 1.63. The van der Waals surface area contributed by atoms with Gasteiger partial charge in [0, 0.05) is 24.9 Å². The quantitative estimate of drug-likeness (QED) is 0.869. The van der Waals surface area contributed by atoms with E-state index in [1.807, 2.05) is 10.8 Å². The number of rotatable bonds is 5. The highest BCUT2D eigenvalue weighted by Gasteiger charge is 2.36. The summed E-state index contributed by atoms with van der Waals surface area (Å²) >= 11 is 0. The van der Waals surface area contributed by atoms with Crippen molar-refractivity contribution in [1.82, 2.24) is 19.9 Å². The predicted molar refractivity (Wildman–Crippen MR) is 85.4 cm³/mol. The van der Waals surface area contributed by atoms with Crippen LogP contribution in [0.2, 0.25) is 0 Å². The van der Waals surface area contributed by atoms with Crippen molar-refractivity contribution >= 4 is 5.91 Å². The Morgan fingerprint density at radius 3 is 3.00 bits per heavy atom. The van der Waals surface area contributed by atoms with Crippen molar-refractivity contribution < 1.29 is 14.3 Å². The molecule has 2 fully saturated rings. The number of aliphatic hydroxyl groups is 1. The number of carbonyl (C=O) groups excluding carboxylic acids is 1. The SMILES string of the molecule is Cc1oc(C2CC2)nc1C(=O)N[C@@H]1CC(Cn2ccnc2)C[C@H]1O. The summed E-state index contributed by atoms with van der Waals surface area (Å²) in [5.41, 5.74) is 0.349. The number of nitrogens with one attached hydrogen (secondary N) is 1. The molecule has 4 rings (SSSR count). The largest absolute Gasteiger partial charge is 0.445 e. The zero-order valence-corrected chi connectivity index (χ0v) is 13.7. The highest BCUT2D eigenvalue weighted by atomic mass is 16.4. The second kappa shape index (κ2) is 6.05.